The van der Waals surface area contributed by atoms with Crippen LogP contribution in [-0.2, 0) is 15.9 Å². The molecule has 1 aliphatic carbocycles. The van der Waals surface area contributed by atoms with Gasteiger partial charge in [0.05, 0.1) is 0 Å². The number of rotatable bonds is 12. The predicted octanol–water partition coefficient (Wildman–Crippen LogP) is 5.30. The number of ketones is 1. The Labute approximate surface area is 137 Å². The Morgan fingerprint density at radius 3 is 2.00 bits per heavy atom. The minimum Gasteiger partial charge on any atom is -0.302 e. The summed E-state index contributed by atoms with van der Waals surface area (Å²) < 4.78 is 19.9. The van der Waals surface area contributed by atoms with Crippen molar-refractivity contribution in [3.8, 4) is 0 Å². The van der Waals surface area contributed by atoms with E-state index in [1.54, 1.807) is 0 Å². The van der Waals surface area contributed by atoms with Gasteiger partial charge in [0, 0.05) is 6.42 Å². The Morgan fingerprint density at radius 2 is 1.50 bits per heavy atom. The summed E-state index contributed by atoms with van der Waals surface area (Å²) in [4.78, 5) is 11.7. The maximum atomic E-state index is 11.7. The normalized spacial score (nSPS) is 16.4. The first-order valence-corrected chi connectivity index (χ1v) is 9.79. The minimum absolute atomic E-state index is 0.0341. The van der Waals surface area contributed by atoms with E-state index in [1.807, 2.05) is 6.08 Å². The highest BCUT2D eigenvalue weighted by Crippen LogP contribution is 2.22. The smallest absolute Gasteiger partial charge is 0.190 e. The van der Waals surface area contributed by atoms with E-state index in [-0.39, 0.29) is 10.7 Å². The Morgan fingerprint density at radius 1 is 0.955 bits per heavy atom. The lowest BCUT2D eigenvalue weighted by atomic mass is 9.97. The number of unbranched alkanes of at least 4 members (excludes halogenated alkanes) is 9. The van der Waals surface area contributed by atoms with Gasteiger partial charge in [-0.25, -0.2) is 4.21 Å². The Balaban J connectivity index is 2.04. The zero-order chi connectivity index (χ0) is 16.2. The standard InChI is InChI=1S/C18H30O3S/c1-2-3-4-5-6-7-8-9-10-11-12-16-13-14-18(22(20)21)17(19)15-16/h13-14H,2-12,15H2,1H3,(H,20,21). The summed E-state index contributed by atoms with van der Waals surface area (Å²) in [6, 6.07) is 0. The van der Waals surface area contributed by atoms with Gasteiger partial charge in [-0.2, -0.15) is 0 Å². The van der Waals surface area contributed by atoms with Gasteiger partial charge in [-0.15, -0.1) is 0 Å². The van der Waals surface area contributed by atoms with Crippen molar-refractivity contribution in [2.24, 2.45) is 0 Å². The van der Waals surface area contributed by atoms with E-state index in [0.717, 1.165) is 18.4 Å². The second-order valence-electron chi connectivity index (χ2n) is 6.14. The van der Waals surface area contributed by atoms with Crippen LogP contribution in [0.3, 0.4) is 0 Å². The molecule has 1 atom stereocenters. The van der Waals surface area contributed by atoms with Crippen LogP contribution < -0.4 is 0 Å². The summed E-state index contributed by atoms with van der Waals surface area (Å²) in [6.45, 7) is 2.25. The van der Waals surface area contributed by atoms with Crippen molar-refractivity contribution in [1.82, 2.24) is 0 Å². The summed E-state index contributed by atoms with van der Waals surface area (Å²) in [5.41, 5.74) is 1.10. The molecule has 1 unspecified atom stereocenters. The van der Waals surface area contributed by atoms with Gasteiger partial charge in [-0.3, -0.25) is 4.79 Å². The lowest BCUT2D eigenvalue weighted by molar-refractivity contribution is -0.114. The van der Waals surface area contributed by atoms with E-state index < -0.39 is 11.1 Å². The second kappa shape index (κ2) is 11.8. The molecule has 0 heterocycles. The first-order chi connectivity index (χ1) is 10.6. The first kappa shape index (κ1) is 19.3. The zero-order valence-corrected chi connectivity index (χ0v) is 14.6. The fourth-order valence-electron chi connectivity index (χ4n) is 2.81. The third-order valence-corrected chi connectivity index (χ3v) is 4.91. The molecule has 3 nitrogen and oxygen atoms in total. The van der Waals surface area contributed by atoms with Crippen LogP contribution in [0.15, 0.2) is 22.6 Å². The Hall–Kier alpha value is -0.740. The summed E-state index contributed by atoms with van der Waals surface area (Å²) in [6.07, 6.45) is 17.7. The molecule has 0 radical (unpaired) electrons. The fourth-order valence-corrected chi connectivity index (χ4v) is 3.26. The molecule has 0 fully saturated rings. The van der Waals surface area contributed by atoms with Gasteiger partial charge in [0.2, 0.25) is 0 Å². The molecule has 0 saturated carbocycles. The molecular formula is C18H30O3S. The lowest BCUT2D eigenvalue weighted by Crippen LogP contribution is -2.11. The van der Waals surface area contributed by atoms with E-state index in [9.17, 15) is 9.00 Å². The molecule has 0 aliphatic heterocycles. The Kier molecular flexibility index (Phi) is 10.3. The summed E-state index contributed by atoms with van der Waals surface area (Å²) in [7, 11) is 0. The van der Waals surface area contributed by atoms with Crippen molar-refractivity contribution in [2.75, 3.05) is 0 Å². The third-order valence-electron chi connectivity index (χ3n) is 4.17. The molecule has 1 aliphatic rings. The van der Waals surface area contributed by atoms with E-state index in [1.165, 1.54) is 63.9 Å². The van der Waals surface area contributed by atoms with Crippen molar-refractivity contribution in [1.29, 1.82) is 0 Å². The van der Waals surface area contributed by atoms with Crippen LogP contribution in [-0.4, -0.2) is 14.5 Å². The zero-order valence-electron chi connectivity index (χ0n) is 13.8. The number of Topliss-reactive ketones (excluding diaryl/α,β-unsaturated/α-hetero) is 1. The summed E-state index contributed by atoms with van der Waals surface area (Å²) >= 11 is -2.14. The monoisotopic (exact) mass is 326 g/mol. The maximum Gasteiger partial charge on any atom is 0.190 e. The summed E-state index contributed by atoms with van der Waals surface area (Å²) in [5, 5.41) is 0. The summed E-state index contributed by atoms with van der Waals surface area (Å²) in [5.74, 6) is -0.203. The average Bonchev–Trinajstić information content (AvgIpc) is 2.49. The molecule has 22 heavy (non-hydrogen) atoms. The van der Waals surface area contributed by atoms with Gasteiger partial charge in [-0.1, -0.05) is 76.4 Å². The highest BCUT2D eigenvalue weighted by atomic mass is 32.2. The number of hydrogen-bond donors (Lipinski definition) is 1. The Bertz CT molecular complexity index is 424. The van der Waals surface area contributed by atoms with Crippen molar-refractivity contribution >= 4 is 16.9 Å². The number of carbonyl (C=O) groups excluding carboxylic acids is 1. The van der Waals surface area contributed by atoms with Crippen molar-refractivity contribution in [3.05, 3.63) is 22.6 Å². The first-order valence-electron chi connectivity index (χ1n) is 8.69. The topological polar surface area (TPSA) is 54.4 Å². The fraction of sp³-hybridized carbons (Fsp3) is 0.722. The number of carbonyl (C=O) groups is 1. The predicted molar refractivity (Wildman–Crippen MR) is 93.0 cm³/mol. The van der Waals surface area contributed by atoms with Gasteiger partial charge in [0.1, 0.15) is 4.91 Å². The van der Waals surface area contributed by atoms with Gasteiger partial charge < -0.3 is 4.55 Å². The van der Waals surface area contributed by atoms with Crippen molar-refractivity contribution in [2.45, 2.75) is 84.0 Å². The third kappa shape index (κ3) is 8.04. The van der Waals surface area contributed by atoms with Crippen molar-refractivity contribution < 1.29 is 13.6 Å². The molecule has 0 aromatic rings. The van der Waals surface area contributed by atoms with Crippen LogP contribution in [0.1, 0.15) is 84.0 Å². The maximum absolute atomic E-state index is 11.7. The SMILES string of the molecule is CCCCCCCCCCCCC1=CC=C(S(=O)O)C(=O)C1. The largest absolute Gasteiger partial charge is 0.302 e. The van der Waals surface area contributed by atoms with Gasteiger partial charge in [0.15, 0.2) is 16.9 Å². The number of hydrogen-bond acceptors (Lipinski definition) is 2. The average molecular weight is 327 g/mol. The molecule has 0 amide bonds. The molecule has 0 spiro atoms. The van der Waals surface area contributed by atoms with Crippen molar-refractivity contribution in [3.63, 3.8) is 0 Å². The molecule has 0 bridgehead atoms. The van der Waals surface area contributed by atoms with Crippen LogP contribution in [0, 0.1) is 0 Å². The van der Waals surface area contributed by atoms with Crippen LogP contribution in [0.5, 0.6) is 0 Å². The van der Waals surface area contributed by atoms with Crippen LogP contribution in [0.4, 0.5) is 0 Å². The molecule has 0 aromatic carbocycles. The molecule has 0 aromatic heterocycles. The quantitative estimate of drug-likeness (QED) is 0.391. The lowest BCUT2D eigenvalue weighted by Gasteiger charge is -2.11. The van der Waals surface area contributed by atoms with Gasteiger partial charge in [-0.05, 0) is 18.9 Å². The second-order valence-corrected chi connectivity index (χ2v) is 7.08. The highest BCUT2D eigenvalue weighted by molar-refractivity contribution is 7.84. The molecule has 1 rings (SSSR count). The van der Waals surface area contributed by atoms with Gasteiger partial charge >= 0.3 is 0 Å². The van der Waals surface area contributed by atoms with Crippen LogP contribution in [0.25, 0.3) is 0 Å². The van der Waals surface area contributed by atoms with Crippen LogP contribution >= 0.6 is 0 Å². The number of allylic oxidation sites excluding steroid dienone is 4. The van der Waals surface area contributed by atoms with E-state index in [2.05, 4.69) is 6.92 Å². The molecular weight excluding hydrogens is 296 g/mol. The minimum atomic E-state index is -2.14. The van der Waals surface area contributed by atoms with Gasteiger partial charge in [0.25, 0.3) is 0 Å². The van der Waals surface area contributed by atoms with E-state index in [4.69, 9.17) is 4.55 Å². The molecule has 126 valence electrons. The molecule has 1 N–H and O–H groups in total. The van der Waals surface area contributed by atoms with Crippen LogP contribution in [0.2, 0.25) is 0 Å². The highest BCUT2D eigenvalue weighted by Gasteiger charge is 2.19. The van der Waals surface area contributed by atoms with E-state index in [0.29, 0.717) is 6.42 Å². The molecule has 0 saturated heterocycles. The molecule has 4 heteroatoms. The van der Waals surface area contributed by atoms with E-state index >= 15 is 0 Å².